The van der Waals surface area contributed by atoms with Crippen LogP contribution in [0.4, 0.5) is 0 Å². The van der Waals surface area contributed by atoms with Gasteiger partial charge in [0.25, 0.3) is 0 Å². The van der Waals surface area contributed by atoms with Gasteiger partial charge in [0.2, 0.25) is 0 Å². The van der Waals surface area contributed by atoms with E-state index in [4.69, 9.17) is 0 Å². The topological polar surface area (TPSA) is 12.0 Å². The first-order valence-corrected chi connectivity index (χ1v) is 8.42. The maximum Gasteiger partial charge on any atom is 0.00954 e. The van der Waals surface area contributed by atoms with E-state index >= 15 is 0 Å². The van der Waals surface area contributed by atoms with Crippen LogP contribution in [0.25, 0.3) is 0 Å². The fourth-order valence-electron chi connectivity index (χ4n) is 4.10. The van der Waals surface area contributed by atoms with E-state index in [1.165, 1.54) is 57.9 Å². The van der Waals surface area contributed by atoms with Gasteiger partial charge in [-0.05, 0) is 81.6 Å². The Hall–Kier alpha value is -0.0400. The molecule has 2 aliphatic carbocycles. The van der Waals surface area contributed by atoms with E-state index in [1.54, 1.807) is 0 Å². The van der Waals surface area contributed by atoms with E-state index in [9.17, 15) is 0 Å². The smallest absolute Gasteiger partial charge is 0.00954 e. The zero-order valence-electron chi connectivity index (χ0n) is 12.8. The summed E-state index contributed by atoms with van der Waals surface area (Å²) >= 11 is 0. The molecule has 0 aromatic heterocycles. The fourth-order valence-corrected chi connectivity index (χ4v) is 4.10. The van der Waals surface area contributed by atoms with Crippen molar-refractivity contribution in [3.8, 4) is 0 Å². The van der Waals surface area contributed by atoms with Crippen molar-refractivity contribution in [1.82, 2.24) is 5.32 Å². The van der Waals surface area contributed by atoms with Crippen LogP contribution in [-0.4, -0.2) is 12.6 Å². The van der Waals surface area contributed by atoms with Crippen LogP contribution in [0.15, 0.2) is 0 Å². The van der Waals surface area contributed by atoms with Gasteiger partial charge in [-0.1, -0.05) is 20.8 Å². The molecule has 2 saturated carbocycles. The Kier molecular flexibility index (Phi) is 5.54. The lowest BCUT2D eigenvalue weighted by Crippen LogP contribution is -2.32. The number of hydrogen-bond donors (Lipinski definition) is 1. The summed E-state index contributed by atoms with van der Waals surface area (Å²) in [7, 11) is 0. The Morgan fingerprint density at radius 2 is 1.72 bits per heavy atom. The van der Waals surface area contributed by atoms with E-state index in [2.05, 4.69) is 26.1 Å². The van der Waals surface area contributed by atoms with E-state index in [-0.39, 0.29) is 0 Å². The summed E-state index contributed by atoms with van der Waals surface area (Å²) in [6.07, 6.45) is 11.6. The molecule has 2 rings (SSSR count). The highest BCUT2D eigenvalue weighted by atomic mass is 14.9. The molecule has 0 bridgehead atoms. The molecule has 106 valence electrons. The average Bonchev–Trinajstić information content (AvgIpc) is 3.12. The van der Waals surface area contributed by atoms with Crippen molar-refractivity contribution < 1.29 is 0 Å². The third-order valence-electron chi connectivity index (χ3n) is 5.01. The van der Waals surface area contributed by atoms with Gasteiger partial charge in [0.1, 0.15) is 0 Å². The highest BCUT2D eigenvalue weighted by molar-refractivity contribution is 4.87. The van der Waals surface area contributed by atoms with E-state index in [0.717, 1.165) is 29.7 Å². The molecule has 0 heterocycles. The van der Waals surface area contributed by atoms with Gasteiger partial charge in [-0.2, -0.15) is 0 Å². The van der Waals surface area contributed by atoms with Crippen LogP contribution in [0, 0.1) is 23.7 Å². The van der Waals surface area contributed by atoms with Crippen LogP contribution >= 0.6 is 0 Å². The first-order valence-electron chi connectivity index (χ1n) is 8.42. The van der Waals surface area contributed by atoms with Crippen molar-refractivity contribution in [1.29, 1.82) is 0 Å². The summed E-state index contributed by atoms with van der Waals surface area (Å²) in [6.45, 7) is 8.41. The largest absolute Gasteiger partial charge is 0.314 e. The van der Waals surface area contributed by atoms with Crippen molar-refractivity contribution >= 4 is 0 Å². The second-order valence-corrected chi connectivity index (χ2v) is 7.26. The quantitative estimate of drug-likeness (QED) is 0.696. The third-order valence-corrected chi connectivity index (χ3v) is 5.01. The molecule has 1 heteroatoms. The Labute approximate surface area is 114 Å². The Morgan fingerprint density at radius 3 is 2.28 bits per heavy atom. The van der Waals surface area contributed by atoms with Gasteiger partial charge in [-0.15, -0.1) is 0 Å². The zero-order valence-corrected chi connectivity index (χ0v) is 12.8. The first kappa shape index (κ1) is 14.4. The van der Waals surface area contributed by atoms with Gasteiger partial charge in [0.15, 0.2) is 0 Å². The van der Waals surface area contributed by atoms with Gasteiger partial charge < -0.3 is 5.32 Å². The van der Waals surface area contributed by atoms with Crippen molar-refractivity contribution in [2.45, 2.75) is 78.2 Å². The van der Waals surface area contributed by atoms with E-state index < -0.39 is 0 Å². The summed E-state index contributed by atoms with van der Waals surface area (Å²) in [6, 6.07) is 0.845. The number of hydrogen-bond acceptors (Lipinski definition) is 1. The molecule has 2 fully saturated rings. The molecule has 0 saturated heterocycles. The molecule has 0 aliphatic heterocycles. The Balaban J connectivity index is 1.71. The minimum absolute atomic E-state index is 0.845. The minimum atomic E-state index is 0.845. The molecule has 2 aliphatic rings. The predicted octanol–water partition coefficient (Wildman–Crippen LogP) is 4.62. The van der Waals surface area contributed by atoms with Crippen molar-refractivity contribution in [2.75, 3.05) is 6.54 Å². The van der Waals surface area contributed by atoms with Crippen LogP contribution in [0.2, 0.25) is 0 Å². The standard InChI is InChI=1S/C17H33N/c1-4-9-18-17(16-6-7-16)8-5-15-11-13(2)10-14(3)12-15/h13-18H,4-12H2,1-3H3. The van der Waals surface area contributed by atoms with Gasteiger partial charge in [-0.3, -0.25) is 0 Å². The van der Waals surface area contributed by atoms with Crippen molar-refractivity contribution in [3.63, 3.8) is 0 Å². The summed E-state index contributed by atoms with van der Waals surface area (Å²) in [5.74, 6) is 3.99. The molecule has 3 atom stereocenters. The van der Waals surface area contributed by atoms with Crippen LogP contribution in [-0.2, 0) is 0 Å². The molecule has 18 heavy (non-hydrogen) atoms. The van der Waals surface area contributed by atoms with Crippen LogP contribution < -0.4 is 5.32 Å². The lowest BCUT2D eigenvalue weighted by atomic mass is 9.74. The SMILES string of the molecule is CCCNC(CCC1CC(C)CC(C)C1)C1CC1. The highest BCUT2D eigenvalue weighted by Crippen LogP contribution is 2.38. The maximum atomic E-state index is 3.79. The summed E-state index contributed by atoms with van der Waals surface area (Å²) in [4.78, 5) is 0. The van der Waals surface area contributed by atoms with Gasteiger partial charge >= 0.3 is 0 Å². The highest BCUT2D eigenvalue weighted by Gasteiger charge is 2.31. The van der Waals surface area contributed by atoms with Crippen LogP contribution in [0.1, 0.15) is 72.1 Å². The van der Waals surface area contributed by atoms with Gasteiger partial charge in [0, 0.05) is 6.04 Å². The third kappa shape index (κ3) is 4.57. The monoisotopic (exact) mass is 251 g/mol. The van der Waals surface area contributed by atoms with Gasteiger partial charge in [-0.25, -0.2) is 0 Å². The van der Waals surface area contributed by atoms with Crippen LogP contribution in [0.3, 0.4) is 0 Å². The molecule has 0 amide bonds. The summed E-state index contributed by atoms with van der Waals surface area (Å²) < 4.78 is 0. The molecule has 0 aromatic carbocycles. The second kappa shape index (κ2) is 6.93. The summed E-state index contributed by atoms with van der Waals surface area (Å²) in [5.41, 5.74) is 0. The molecule has 0 spiro atoms. The second-order valence-electron chi connectivity index (χ2n) is 7.26. The van der Waals surface area contributed by atoms with E-state index in [0.29, 0.717) is 0 Å². The molecular weight excluding hydrogens is 218 g/mol. The Morgan fingerprint density at radius 1 is 1.06 bits per heavy atom. The minimum Gasteiger partial charge on any atom is -0.314 e. The first-order chi connectivity index (χ1) is 8.69. The Bertz CT molecular complexity index is 224. The predicted molar refractivity (Wildman–Crippen MR) is 79.7 cm³/mol. The number of rotatable bonds is 7. The normalized spacial score (nSPS) is 34.5. The van der Waals surface area contributed by atoms with Crippen LogP contribution in [0.5, 0.6) is 0 Å². The lowest BCUT2D eigenvalue weighted by Gasteiger charge is -2.32. The molecule has 1 nitrogen and oxygen atoms in total. The fraction of sp³-hybridized carbons (Fsp3) is 1.00. The van der Waals surface area contributed by atoms with Crippen molar-refractivity contribution in [2.24, 2.45) is 23.7 Å². The zero-order chi connectivity index (χ0) is 13.0. The van der Waals surface area contributed by atoms with E-state index in [1.807, 2.05) is 0 Å². The summed E-state index contributed by atoms with van der Waals surface area (Å²) in [5, 5.41) is 3.79. The average molecular weight is 251 g/mol. The molecule has 0 radical (unpaired) electrons. The maximum absolute atomic E-state index is 3.79. The van der Waals surface area contributed by atoms with Crippen molar-refractivity contribution in [3.05, 3.63) is 0 Å². The molecular formula is C17H33N. The number of nitrogens with one attached hydrogen (secondary N) is 1. The van der Waals surface area contributed by atoms with Gasteiger partial charge in [0.05, 0.1) is 0 Å². The lowest BCUT2D eigenvalue weighted by molar-refractivity contribution is 0.200. The molecule has 3 unspecified atom stereocenters. The molecule has 1 N–H and O–H groups in total. The molecule has 0 aromatic rings.